The smallest absolute Gasteiger partial charge is 0.122 e. The predicted molar refractivity (Wildman–Crippen MR) is 72.1 cm³/mol. The van der Waals surface area contributed by atoms with Gasteiger partial charge in [0, 0.05) is 16.7 Å². The molecular weight excluding hydrogens is 234 g/mol. The van der Waals surface area contributed by atoms with E-state index in [0.29, 0.717) is 5.82 Å². The largest absolute Gasteiger partial charge is 0.384 e. The first-order chi connectivity index (χ1) is 7.88. The first-order valence-electron chi connectivity index (χ1n) is 5.50. The van der Waals surface area contributed by atoms with E-state index in [-0.39, 0.29) is 5.54 Å². The number of rotatable bonds is 1. The maximum Gasteiger partial charge on any atom is 0.122 e. The molecule has 0 aliphatic rings. The lowest BCUT2D eigenvalue weighted by Gasteiger charge is -2.20. The van der Waals surface area contributed by atoms with Gasteiger partial charge >= 0.3 is 0 Å². The predicted octanol–water partition coefficient (Wildman–Crippen LogP) is 3.54. The lowest BCUT2D eigenvalue weighted by atomic mass is 10.1. The third kappa shape index (κ3) is 2.44. The van der Waals surface area contributed by atoms with Gasteiger partial charge in [0.1, 0.15) is 5.82 Å². The Hall–Kier alpha value is -1.48. The van der Waals surface area contributed by atoms with E-state index >= 15 is 0 Å². The topological polar surface area (TPSA) is 43.8 Å². The van der Waals surface area contributed by atoms with Crippen LogP contribution in [0.15, 0.2) is 30.3 Å². The van der Waals surface area contributed by atoms with Gasteiger partial charge in [0.25, 0.3) is 0 Å². The molecule has 0 fully saturated rings. The van der Waals surface area contributed by atoms with Gasteiger partial charge in [-0.25, -0.2) is 4.68 Å². The highest BCUT2D eigenvalue weighted by Crippen LogP contribution is 2.25. The molecular formula is C13H16ClN3. The first-order valence-corrected chi connectivity index (χ1v) is 5.88. The molecule has 0 saturated heterocycles. The molecule has 0 spiro atoms. The molecule has 0 bridgehead atoms. The van der Waals surface area contributed by atoms with Gasteiger partial charge in [-0.3, -0.25) is 0 Å². The number of nitrogens with zero attached hydrogens (tertiary/aromatic N) is 2. The zero-order valence-corrected chi connectivity index (χ0v) is 11.0. The maximum absolute atomic E-state index is 5.97. The van der Waals surface area contributed by atoms with Gasteiger partial charge in [0.2, 0.25) is 0 Å². The van der Waals surface area contributed by atoms with E-state index in [1.165, 1.54) is 0 Å². The summed E-state index contributed by atoms with van der Waals surface area (Å²) >= 11 is 5.86. The van der Waals surface area contributed by atoms with Crippen molar-refractivity contribution >= 4 is 17.4 Å². The Morgan fingerprint density at radius 1 is 1.18 bits per heavy atom. The molecule has 0 atom stereocenters. The van der Waals surface area contributed by atoms with Crippen LogP contribution in [-0.2, 0) is 5.54 Å². The van der Waals surface area contributed by atoms with Crippen LogP contribution in [0.3, 0.4) is 0 Å². The Balaban J connectivity index is 2.45. The number of hydrogen-bond acceptors (Lipinski definition) is 2. The Morgan fingerprint density at radius 2 is 1.76 bits per heavy atom. The fourth-order valence-corrected chi connectivity index (χ4v) is 1.82. The minimum Gasteiger partial charge on any atom is -0.384 e. The van der Waals surface area contributed by atoms with Gasteiger partial charge in [0.15, 0.2) is 0 Å². The lowest BCUT2D eigenvalue weighted by molar-refractivity contribution is 0.362. The molecule has 1 aromatic carbocycles. The average molecular weight is 250 g/mol. The fraction of sp³-hybridized carbons (Fsp3) is 0.308. The molecule has 2 aromatic rings. The quantitative estimate of drug-likeness (QED) is 0.840. The van der Waals surface area contributed by atoms with Crippen LogP contribution < -0.4 is 5.73 Å². The highest BCUT2D eigenvalue weighted by molar-refractivity contribution is 6.30. The summed E-state index contributed by atoms with van der Waals surface area (Å²) in [5.74, 6) is 0.669. The SMILES string of the molecule is CC(C)(C)n1nc(-c2ccc(Cl)cc2)cc1N. The normalized spacial score (nSPS) is 11.8. The molecule has 2 rings (SSSR count). The van der Waals surface area contributed by atoms with Gasteiger partial charge in [-0.15, -0.1) is 0 Å². The molecule has 1 aromatic heterocycles. The van der Waals surface area contributed by atoms with Crippen LogP contribution in [0.1, 0.15) is 20.8 Å². The molecule has 0 aliphatic carbocycles. The van der Waals surface area contributed by atoms with Crippen molar-refractivity contribution in [3.8, 4) is 11.3 Å². The molecule has 1 heterocycles. The highest BCUT2D eigenvalue weighted by Gasteiger charge is 2.18. The minimum atomic E-state index is -0.116. The summed E-state index contributed by atoms with van der Waals surface area (Å²) in [6, 6.07) is 9.47. The second kappa shape index (κ2) is 4.08. The second-order valence-corrected chi connectivity index (χ2v) is 5.48. The summed E-state index contributed by atoms with van der Waals surface area (Å²) in [5, 5.41) is 5.25. The van der Waals surface area contributed by atoms with Crippen molar-refractivity contribution in [2.45, 2.75) is 26.3 Å². The Bertz CT molecular complexity index is 521. The van der Waals surface area contributed by atoms with E-state index in [1.54, 1.807) is 0 Å². The first kappa shape index (κ1) is 12.0. The van der Waals surface area contributed by atoms with Crippen LogP contribution in [0, 0.1) is 0 Å². The van der Waals surface area contributed by atoms with E-state index < -0.39 is 0 Å². The highest BCUT2D eigenvalue weighted by atomic mass is 35.5. The molecule has 0 unspecified atom stereocenters. The molecule has 4 heteroatoms. The zero-order chi connectivity index (χ0) is 12.6. The number of aromatic nitrogens is 2. The second-order valence-electron chi connectivity index (χ2n) is 5.04. The van der Waals surface area contributed by atoms with Crippen LogP contribution in [0.2, 0.25) is 5.02 Å². The lowest BCUT2D eigenvalue weighted by Crippen LogP contribution is -2.24. The molecule has 0 radical (unpaired) electrons. The molecule has 2 N–H and O–H groups in total. The van der Waals surface area contributed by atoms with Crippen LogP contribution in [0.25, 0.3) is 11.3 Å². The summed E-state index contributed by atoms with van der Waals surface area (Å²) in [6.45, 7) is 6.21. The van der Waals surface area contributed by atoms with Crippen molar-refractivity contribution in [2.24, 2.45) is 0 Å². The number of anilines is 1. The maximum atomic E-state index is 5.97. The van der Waals surface area contributed by atoms with Gasteiger partial charge in [-0.05, 0) is 32.9 Å². The number of halogens is 1. The number of nitrogens with two attached hydrogens (primary N) is 1. The monoisotopic (exact) mass is 249 g/mol. The number of nitrogen functional groups attached to an aromatic ring is 1. The van der Waals surface area contributed by atoms with Gasteiger partial charge < -0.3 is 5.73 Å². The standard InChI is InChI=1S/C13H16ClN3/c1-13(2,3)17-12(15)8-11(16-17)9-4-6-10(14)7-5-9/h4-8H,15H2,1-3H3. The van der Waals surface area contributed by atoms with Crippen LogP contribution in [-0.4, -0.2) is 9.78 Å². The molecule has 0 aliphatic heterocycles. The van der Waals surface area contributed by atoms with E-state index in [0.717, 1.165) is 16.3 Å². The molecule has 0 saturated carbocycles. The van der Waals surface area contributed by atoms with Crippen molar-refractivity contribution in [2.75, 3.05) is 5.73 Å². The van der Waals surface area contributed by atoms with Crippen molar-refractivity contribution < 1.29 is 0 Å². The summed E-state index contributed by atoms with van der Waals surface area (Å²) in [7, 11) is 0. The summed E-state index contributed by atoms with van der Waals surface area (Å²) in [6.07, 6.45) is 0. The summed E-state index contributed by atoms with van der Waals surface area (Å²) in [5.41, 5.74) is 7.74. The number of hydrogen-bond donors (Lipinski definition) is 1. The van der Waals surface area contributed by atoms with E-state index in [9.17, 15) is 0 Å². The summed E-state index contributed by atoms with van der Waals surface area (Å²) < 4.78 is 1.83. The third-order valence-corrected chi connectivity index (χ3v) is 2.76. The zero-order valence-electron chi connectivity index (χ0n) is 10.2. The van der Waals surface area contributed by atoms with E-state index in [4.69, 9.17) is 17.3 Å². The van der Waals surface area contributed by atoms with Crippen LogP contribution in [0.5, 0.6) is 0 Å². The molecule has 0 amide bonds. The molecule has 3 nitrogen and oxygen atoms in total. The average Bonchev–Trinajstić information content (AvgIpc) is 2.61. The van der Waals surface area contributed by atoms with E-state index in [2.05, 4.69) is 25.9 Å². The fourth-order valence-electron chi connectivity index (χ4n) is 1.69. The number of benzene rings is 1. The third-order valence-electron chi connectivity index (χ3n) is 2.51. The Labute approximate surface area is 106 Å². The molecule has 17 heavy (non-hydrogen) atoms. The Kier molecular flexibility index (Phi) is 2.87. The van der Waals surface area contributed by atoms with Gasteiger partial charge in [-0.1, -0.05) is 23.7 Å². The van der Waals surface area contributed by atoms with Gasteiger partial charge in [-0.2, -0.15) is 5.10 Å². The van der Waals surface area contributed by atoms with Crippen molar-refractivity contribution in [3.05, 3.63) is 35.4 Å². The minimum absolute atomic E-state index is 0.116. The van der Waals surface area contributed by atoms with Crippen molar-refractivity contribution in [1.82, 2.24) is 9.78 Å². The summed E-state index contributed by atoms with van der Waals surface area (Å²) in [4.78, 5) is 0. The van der Waals surface area contributed by atoms with Crippen LogP contribution in [0.4, 0.5) is 5.82 Å². The Morgan fingerprint density at radius 3 is 2.24 bits per heavy atom. The van der Waals surface area contributed by atoms with Gasteiger partial charge in [0.05, 0.1) is 11.2 Å². The van der Waals surface area contributed by atoms with Crippen molar-refractivity contribution in [1.29, 1.82) is 0 Å². The molecule has 90 valence electrons. The van der Waals surface area contributed by atoms with E-state index in [1.807, 2.05) is 35.0 Å². The van der Waals surface area contributed by atoms with Crippen molar-refractivity contribution in [3.63, 3.8) is 0 Å². The van der Waals surface area contributed by atoms with Crippen LogP contribution >= 0.6 is 11.6 Å².